The number of guanidine groups is 1. The van der Waals surface area contributed by atoms with Gasteiger partial charge in [-0.1, -0.05) is 17.3 Å². The fourth-order valence-electron chi connectivity index (χ4n) is 3.42. The van der Waals surface area contributed by atoms with Gasteiger partial charge >= 0.3 is 0 Å². The molecule has 3 rings (SSSR count). The van der Waals surface area contributed by atoms with Crippen LogP contribution in [0.3, 0.4) is 0 Å². The molecule has 0 amide bonds. The van der Waals surface area contributed by atoms with Crippen LogP contribution in [0.5, 0.6) is 0 Å². The predicted molar refractivity (Wildman–Crippen MR) is 99.8 cm³/mol. The second kappa shape index (κ2) is 9.14. The van der Waals surface area contributed by atoms with E-state index in [2.05, 4.69) is 44.3 Å². The van der Waals surface area contributed by atoms with Gasteiger partial charge in [-0.25, -0.2) is 4.99 Å². The first-order valence-corrected chi connectivity index (χ1v) is 9.57. The highest BCUT2D eigenvalue weighted by Crippen LogP contribution is 2.18. The summed E-state index contributed by atoms with van der Waals surface area (Å²) in [5.41, 5.74) is 0. The summed E-state index contributed by atoms with van der Waals surface area (Å²) >= 11 is 0. The van der Waals surface area contributed by atoms with Crippen molar-refractivity contribution >= 4 is 5.96 Å². The fourth-order valence-corrected chi connectivity index (χ4v) is 3.42. The zero-order valence-electron chi connectivity index (χ0n) is 16.0. The van der Waals surface area contributed by atoms with Crippen molar-refractivity contribution in [2.75, 3.05) is 39.3 Å². The van der Waals surface area contributed by atoms with E-state index in [9.17, 15) is 0 Å². The van der Waals surface area contributed by atoms with E-state index in [0.29, 0.717) is 30.9 Å². The maximum atomic E-state index is 5.50. The van der Waals surface area contributed by atoms with Crippen LogP contribution in [0.1, 0.15) is 45.0 Å². The molecule has 26 heavy (non-hydrogen) atoms. The average Bonchev–Trinajstić information content (AvgIpc) is 3.40. The van der Waals surface area contributed by atoms with Gasteiger partial charge in [0.15, 0.2) is 11.8 Å². The molecule has 1 saturated heterocycles. The second-order valence-electron chi connectivity index (χ2n) is 6.63. The zero-order chi connectivity index (χ0) is 18.4. The minimum absolute atomic E-state index is 0.164. The van der Waals surface area contributed by atoms with Crippen molar-refractivity contribution in [1.82, 2.24) is 25.3 Å². The summed E-state index contributed by atoms with van der Waals surface area (Å²) in [6, 6.07) is 0.593. The molecule has 0 radical (unpaired) electrons. The third-order valence-electron chi connectivity index (χ3n) is 4.79. The van der Waals surface area contributed by atoms with Crippen molar-refractivity contribution in [3.05, 3.63) is 23.9 Å². The lowest BCUT2D eigenvalue weighted by Gasteiger charge is -2.25. The number of ether oxygens (including phenoxy) is 1. The number of likely N-dealkylation sites (tertiary alicyclic amines) is 1. The highest BCUT2D eigenvalue weighted by Gasteiger charge is 2.29. The maximum Gasteiger partial charge on any atom is 0.248 e. The monoisotopic (exact) mass is 362 g/mol. The van der Waals surface area contributed by atoms with Crippen molar-refractivity contribution < 1.29 is 9.26 Å². The molecule has 0 aromatic carbocycles. The van der Waals surface area contributed by atoms with Gasteiger partial charge in [-0.05, 0) is 27.2 Å². The summed E-state index contributed by atoms with van der Waals surface area (Å²) in [7, 11) is 0. The maximum absolute atomic E-state index is 5.50. The number of aromatic nitrogens is 2. The Bertz CT molecular complexity index is 621. The molecular formula is C18H30N6O2. The van der Waals surface area contributed by atoms with E-state index < -0.39 is 0 Å². The van der Waals surface area contributed by atoms with Crippen LogP contribution in [-0.4, -0.2) is 71.3 Å². The van der Waals surface area contributed by atoms with E-state index in [0.717, 1.165) is 38.7 Å². The molecule has 8 nitrogen and oxygen atoms in total. The second-order valence-corrected chi connectivity index (χ2v) is 6.63. The lowest BCUT2D eigenvalue weighted by Crippen LogP contribution is -2.42. The van der Waals surface area contributed by atoms with Crippen molar-refractivity contribution in [3.8, 4) is 0 Å². The predicted octanol–water partition coefficient (Wildman–Crippen LogP) is 1.58. The normalized spacial score (nSPS) is 22.3. The highest BCUT2D eigenvalue weighted by atomic mass is 16.5. The molecule has 1 aromatic rings. The van der Waals surface area contributed by atoms with Crippen LogP contribution < -0.4 is 5.32 Å². The Morgan fingerprint density at radius 3 is 2.96 bits per heavy atom. The largest absolute Gasteiger partial charge is 0.371 e. The molecule has 1 aromatic heterocycles. The smallest absolute Gasteiger partial charge is 0.248 e. The number of rotatable bonds is 7. The Kier molecular flexibility index (Phi) is 6.62. The van der Waals surface area contributed by atoms with Crippen molar-refractivity contribution in [2.24, 2.45) is 4.99 Å². The fraction of sp³-hybridized carbons (Fsp3) is 0.722. The Balaban J connectivity index is 1.59. The van der Waals surface area contributed by atoms with Crippen LogP contribution in [0.15, 0.2) is 21.7 Å². The van der Waals surface area contributed by atoms with Crippen LogP contribution in [0.4, 0.5) is 0 Å². The van der Waals surface area contributed by atoms with Gasteiger partial charge in [-0.15, -0.1) is 0 Å². The number of hydrogen-bond donors (Lipinski definition) is 1. The van der Waals surface area contributed by atoms with Crippen LogP contribution in [0.2, 0.25) is 0 Å². The number of nitrogens with one attached hydrogen (secondary N) is 1. The Morgan fingerprint density at radius 2 is 2.23 bits per heavy atom. The lowest BCUT2D eigenvalue weighted by molar-refractivity contribution is 0.0683. The van der Waals surface area contributed by atoms with E-state index in [1.807, 2.05) is 13.8 Å². The minimum Gasteiger partial charge on any atom is -0.371 e. The van der Waals surface area contributed by atoms with E-state index >= 15 is 0 Å². The number of hydrogen-bond acceptors (Lipinski definition) is 6. The summed E-state index contributed by atoms with van der Waals surface area (Å²) in [6.07, 6.45) is 5.50. The van der Waals surface area contributed by atoms with E-state index in [1.165, 1.54) is 6.42 Å². The Morgan fingerprint density at radius 1 is 1.42 bits per heavy atom. The van der Waals surface area contributed by atoms with Gasteiger partial charge in [-0.2, -0.15) is 4.98 Å². The molecule has 2 atom stereocenters. The highest BCUT2D eigenvalue weighted by molar-refractivity contribution is 5.80. The van der Waals surface area contributed by atoms with Crippen LogP contribution >= 0.6 is 0 Å². The summed E-state index contributed by atoms with van der Waals surface area (Å²) < 4.78 is 10.8. The Hall–Kier alpha value is -1.93. The minimum atomic E-state index is -0.164. The van der Waals surface area contributed by atoms with Gasteiger partial charge in [0.1, 0.15) is 12.6 Å². The number of nitrogens with zero attached hydrogens (tertiary/aromatic N) is 5. The van der Waals surface area contributed by atoms with Crippen molar-refractivity contribution in [2.45, 2.75) is 45.9 Å². The molecular weight excluding hydrogens is 332 g/mol. The van der Waals surface area contributed by atoms with Crippen LogP contribution in [0.25, 0.3) is 0 Å². The molecule has 3 heterocycles. The van der Waals surface area contributed by atoms with Gasteiger partial charge in [0.25, 0.3) is 0 Å². The zero-order valence-corrected chi connectivity index (χ0v) is 16.0. The topological polar surface area (TPSA) is 79.0 Å². The molecule has 2 aliphatic heterocycles. The number of aliphatic imine (C=N–C) groups is 1. The first-order chi connectivity index (χ1) is 12.7. The molecule has 8 heteroatoms. The standard InChI is InChI=1S/C18H30N6O2/c1-4-19-18(24-11-8-15(13-24)23-9-6-7-10-23)20-12-16-21-17(22-26-16)14(3)25-5-2/h6-7,14-15H,4-5,8-13H2,1-3H3,(H,19,20). The summed E-state index contributed by atoms with van der Waals surface area (Å²) in [4.78, 5) is 13.9. The van der Waals surface area contributed by atoms with Crippen molar-refractivity contribution in [3.63, 3.8) is 0 Å². The van der Waals surface area contributed by atoms with Gasteiger partial charge in [0.05, 0.1) is 0 Å². The molecule has 0 aliphatic carbocycles. The van der Waals surface area contributed by atoms with Gasteiger partial charge in [0, 0.05) is 45.4 Å². The lowest BCUT2D eigenvalue weighted by atomic mass is 10.2. The van der Waals surface area contributed by atoms with Gasteiger partial charge in [-0.3, -0.25) is 4.90 Å². The molecule has 0 bridgehead atoms. The van der Waals surface area contributed by atoms with E-state index in [4.69, 9.17) is 14.3 Å². The molecule has 1 fully saturated rings. The molecule has 2 aliphatic rings. The van der Waals surface area contributed by atoms with Gasteiger partial charge < -0.3 is 19.5 Å². The van der Waals surface area contributed by atoms with E-state index in [1.54, 1.807) is 0 Å². The quantitative estimate of drug-likeness (QED) is 0.448. The van der Waals surface area contributed by atoms with Crippen LogP contribution in [-0.2, 0) is 11.3 Å². The first kappa shape index (κ1) is 18.8. The Labute approximate surface area is 155 Å². The first-order valence-electron chi connectivity index (χ1n) is 9.57. The average molecular weight is 362 g/mol. The molecule has 1 N–H and O–H groups in total. The van der Waals surface area contributed by atoms with Crippen LogP contribution in [0, 0.1) is 0 Å². The summed E-state index contributed by atoms with van der Waals surface area (Å²) in [5, 5.41) is 7.38. The SMILES string of the molecule is CCNC(=NCc1nc(C(C)OCC)no1)N1CCC(N2CC=CC2)C1. The third kappa shape index (κ3) is 4.62. The molecule has 144 valence electrons. The summed E-state index contributed by atoms with van der Waals surface area (Å²) in [5.74, 6) is 2.01. The third-order valence-corrected chi connectivity index (χ3v) is 4.79. The molecule has 0 spiro atoms. The van der Waals surface area contributed by atoms with Crippen molar-refractivity contribution in [1.29, 1.82) is 0 Å². The molecule has 0 saturated carbocycles. The molecule has 2 unspecified atom stereocenters. The summed E-state index contributed by atoms with van der Waals surface area (Å²) in [6.45, 7) is 11.9. The van der Waals surface area contributed by atoms with Gasteiger partial charge in [0.2, 0.25) is 5.89 Å². The van der Waals surface area contributed by atoms with E-state index in [-0.39, 0.29) is 6.10 Å².